The first-order chi connectivity index (χ1) is 13.6. The molecule has 1 amide bonds. The van der Waals surface area contributed by atoms with E-state index in [0.29, 0.717) is 35.2 Å². The molecule has 0 aliphatic rings. The lowest BCUT2D eigenvalue weighted by Gasteiger charge is -2.12. The Kier molecular flexibility index (Phi) is 6.16. The number of halogens is 1. The molecule has 0 aliphatic heterocycles. The van der Waals surface area contributed by atoms with E-state index in [4.69, 9.17) is 4.74 Å². The van der Waals surface area contributed by atoms with Gasteiger partial charge in [-0.1, -0.05) is 30.3 Å². The molecule has 0 saturated heterocycles. The van der Waals surface area contributed by atoms with E-state index in [-0.39, 0.29) is 24.0 Å². The number of hydrogen-bond acceptors (Lipinski definition) is 5. The molecule has 6 nitrogen and oxygen atoms in total. The Labute approximate surface area is 162 Å². The van der Waals surface area contributed by atoms with Crippen molar-refractivity contribution in [2.45, 2.75) is 20.4 Å². The van der Waals surface area contributed by atoms with Gasteiger partial charge in [0.25, 0.3) is 5.91 Å². The predicted molar refractivity (Wildman–Crippen MR) is 106 cm³/mol. The van der Waals surface area contributed by atoms with Gasteiger partial charge in [0.05, 0.1) is 12.3 Å². The first-order valence-electron chi connectivity index (χ1n) is 8.93. The Bertz CT molecular complexity index is 978. The van der Waals surface area contributed by atoms with Crippen molar-refractivity contribution in [1.82, 2.24) is 9.97 Å². The molecule has 0 aliphatic carbocycles. The molecule has 0 atom stereocenters. The molecular formula is C21H21FN4O2. The van der Waals surface area contributed by atoms with E-state index in [1.54, 1.807) is 37.3 Å². The number of aromatic nitrogens is 2. The number of nitrogens with zero attached hydrogens (tertiary/aromatic N) is 2. The van der Waals surface area contributed by atoms with E-state index < -0.39 is 0 Å². The van der Waals surface area contributed by atoms with Crippen LogP contribution < -0.4 is 15.4 Å². The number of ether oxygens (including phenoxy) is 1. The highest BCUT2D eigenvalue weighted by Gasteiger charge is 2.13. The number of hydrogen-bond donors (Lipinski definition) is 2. The minimum atomic E-state index is -0.383. The number of rotatable bonds is 7. The van der Waals surface area contributed by atoms with E-state index in [1.807, 2.05) is 19.1 Å². The van der Waals surface area contributed by atoms with Gasteiger partial charge in [-0.25, -0.2) is 14.4 Å². The molecule has 2 aromatic carbocycles. The summed E-state index contributed by atoms with van der Waals surface area (Å²) < 4.78 is 19.3. The smallest absolute Gasteiger partial charge is 0.274 e. The van der Waals surface area contributed by atoms with Crippen molar-refractivity contribution in [2.24, 2.45) is 0 Å². The number of para-hydroxylation sites is 2. The quantitative estimate of drug-likeness (QED) is 0.643. The number of anilines is 2. The van der Waals surface area contributed by atoms with Crippen LogP contribution in [0.2, 0.25) is 0 Å². The van der Waals surface area contributed by atoms with Gasteiger partial charge in [-0.2, -0.15) is 0 Å². The largest absolute Gasteiger partial charge is 0.492 e. The van der Waals surface area contributed by atoms with Crippen LogP contribution in [0, 0.1) is 12.7 Å². The summed E-state index contributed by atoms with van der Waals surface area (Å²) in [7, 11) is 0. The van der Waals surface area contributed by atoms with Gasteiger partial charge in [0.1, 0.15) is 28.9 Å². The number of amides is 1. The summed E-state index contributed by atoms with van der Waals surface area (Å²) in [4.78, 5) is 21.1. The molecule has 3 rings (SSSR count). The van der Waals surface area contributed by atoms with Crippen LogP contribution in [0.1, 0.15) is 28.8 Å². The lowest BCUT2D eigenvalue weighted by Crippen LogP contribution is -2.16. The van der Waals surface area contributed by atoms with Crippen molar-refractivity contribution in [1.29, 1.82) is 0 Å². The van der Waals surface area contributed by atoms with Crippen LogP contribution in [-0.4, -0.2) is 22.5 Å². The molecule has 0 bridgehead atoms. The van der Waals surface area contributed by atoms with Crippen LogP contribution in [0.5, 0.6) is 5.75 Å². The van der Waals surface area contributed by atoms with Crippen molar-refractivity contribution in [3.8, 4) is 5.75 Å². The first-order valence-corrected chi connectivity index (χ1v) is 8.93. The lowest BCUT2D eigenvalue weighted by atomic mass is 10.2. The Morgan fingerprint density at radius 2 is 1.86 bits per heavy atom. The molecule has 0 spiro atoms. The normalized spacial score (nSPS) is 10.4. The van der Waals surface area contributed by atoms with Gasteiger partial charge < -0.3 is 15.4 Å². The lowest BCUT2D eigenvalue weighted by molar-refractivity contribution is 0.102. The SMILES string of the molecule is CCOc1ccccc1NC(=O)c1cc(NCc2ccccc2F)nc(C)n1. The molecular weight excluding hydrogens is 359 g/mol. The zero-order chi connectivity index (χ0) is 19.9. The summed E-state index contributed by atoms with van der Waals surface area (Å²) in [5.74, 6) is 0.778. The fraction of sp³-hybridized carbons (Fsp3) is 0.190. The predicted octanol–water partition coefficient (Wildman–Crippen LogP) is 4.19. The molecule has 28 heavy (non-hydrogen) atoms. The fourth-order valence-electron chi connectivity index (χ4n) is 2.64. The van der Waals surface area contributed by atoms with Crippen LogP contribution in [0.25, 0.3) is 0 Å². The van der Waals surface area contributed by atoms with Crippen LogP contribution >= 0.6 is 0 Å². The van der Waals surface area contributed by atoms with Gasteiger partial charge in [-0.3, -0.25) is 4.79 Å². The molecule has 2 N–H and O–H groups in total. The molecule has 1 aromatic heterocycles. The fourth-order valence-corrected chi connectivity index (χ4v) is 2.64. The molecule has 144 valence electrons. The summed E-state index contributed by atoms with van der Waals surface area (Å²) in [5, 5.41) is 5.84. The van der Waals surface area contributed by atoms with E-state index >= 15 is 0 Å². The third kappa shape index (κ3) is 4.82. The van der Waals surface area contributed by atoms with Crippen molar-refractivity contribution in [2.75, 3.05) is 17.2 Å². The molecule has 0 unspecified atom stereocenters. The van der Waals surface area contributed by atoms with Gasteiger partial charge in [-0.05, 0) is 32.0 Å². The summed E-state index contributed by atoms with van der Waals surface area (Å²) in [6.07, 6.45) is 0. The summed E-state index contributed by atoms with van der Waals surface area (Å²) in [6, 6.07) is 15.2. The second kappa shape index (κ2) is 8.94. The third-order valence-corrected chi connectivity index (χ3v) is 3.92. The van der Waals surface area contributed by atoms with Crippen LogP contribution in [0.3, 0.4) is 0 Å². The number of carbonyl (C=O) groups excluding carboxylic acids is 1. The number of nitrogens with one attached hydrogen (secondary N) is 2. The van der Waals surface area contributed by atoms with Crippen molar-refractivity contribution in [3.05, 3.63) is 77.5 Å². The topological polar surface area (TPSA) is 76.1 Å². The minimum absolute atomic E-state index is 0.204. The molecule has 3 aromatic rings. The Morgan fingerprint density at radius 3 is 2.64 bits per heavy atom. The zero-order valence-electron chi connectivity index (χ0n) is 15.7. The second-order valence-electron chi connectivity index (χ2n) is 6.01. The Balaban J connectivity index is 1.75. The highest BCUT2D eigenvalue weighted by atomic mass is 19.1. The summed E-state index contributed by atoms with van der Waals surface area (Å²) >= 11 is 0. The summed E-state index contributed by atoms with van der Waals surface area (Å²) in [5.41, 5.74) is 1.27. The van der Waals surface area contributed by atoms with Crippen LogP contribution in [-0.2, 0) is 6.54 Å². The molecule has 1 heterocycles. The standard InChI is InChI=1S/C21H21FN4O2/c1-3-28-19-11-7-6-10-17(19)26-21(27)18-12-20(25-14(2)24-18)23-13-15-8-4-5-9-16(15)22/h4-12H,3,13H2,1-2H3,(H,26,27)(H,23,24,25). The van der Waals surface area contributed by atoms with Gasteiger partial charge >= 0.3 is 0 Å². The van der Waals surface area contributed by atoms with Gasteiger partial charge in [0.2, 0.25) is 0 Å². The van der Waals surface area contributed by atoms with Gasteiger partial charge in [0, 0.05) is 18.2 Å². The minimum Gasteiger partial charge on any atom is -0.492 e. The molecule has 0 fully saturated rings. The molecule has 0 radical (unpaired) electrons. The van der Waals surface area contributed by atoms with Crippen molar-refractivity contribution >= 4 is 17.4 Å². The third-order valence-electron chi connectivity index (χ3n) is 3.92. The van der Waals surface area contributed by atoms with E-state index in [9.17, 15) is 9.18 Å². The maximum atomic E-state index is 13.8. The Morgan fingerprint density at radius 1 is 1.11 bits per heavy atom. The second-order valence-corrected chi connectivity index (χ2v) is 6.01. The molecule has 0 saturated carbocycles. The van der Waals surface area contributed by atoms with E-state index in [1.165, 1.54) is 12.1 Å². The maximum Gasteiger partial charge on any atom is 0.274 e. The highest BCUT2D eigenvalue weighted by Crippen LogP contribution is 2.24. The Hall–Kier alpha value is -3.48. The number of benzene rings is 2. The number of aryl methyl sites for hydroxylation is 1. The zero-order valence-corrected chi connectivity index (χ0v) is 15.7. The highest BCUT2D eigenvalue weighted by molar-refractivity contribution is 6.04. The van der Waals surface area contributed by atoms with Crippen molar-refractivity contribution in [3.63, 3.8) is 0 Å². The van der Waals surface area contributed by atoms with E-state index in [2.05, 4.69) is 20.6 Å². The average Bonchev–Trinajstić information content (AvgIpc) is 2.68. The average molecular weight is 380 g/mol. The van der Waals surface area contributed by atoms with Gasteiger partial charge in [-0.15, -0.1) is 0 Å². The number of carbonyl (C=O) groups is 1. The molecule has 7 heteroatoms. The summed E-state index contributed by atoms with van der Waals surface area (Å²) in [6.45, 7) is 4.31. The van der Waals surface area contributed by atoms with Crippen LogP contribution in [0.15, 0.2) is 54.6 Å². The van der Waals surface area contributed by atoms with E-state index in [0.717, 1.165) is 0 Å². The first kappa shape index (κ1) is 19.3. The maximum absolute atomic E-state index is 13.8. The van der Waals surface area contributed by atoms with Crippen LogP contribution in [0.4, 0.5) is 15.9 Å². The van der Waals surface area contributed by atoms with Crippen molar-refractivity contribution < 1.29 is 13.9 Å². The monoisotopic (exact) mass is 380 g/mol. The van der Waals surface area contributed by atoms with Gasteiger partial charge in [0.15, 0.2) is 0 Å².